The Bertz CT molecular complexity index is 1960. The summed E-state index contributed by atoms with van der Waals surface area (Å²) in [6.45, 7) is 1.77. The molecule has 5 rings (SSSR count). The van der Waals surface area contributed by atoms with Crippen LogP contribution in [0.1, 0.15) is 22.3 Å². The lowest BCUT2D eigenvalue weighted by molar-refractivity contribution is -0.142. The Morgan fingerprint density at radius 3 is 1.96 bits per heavy atom. The predicted octanol–water partition coefficient (Wildman–Crippen LogP) is 6.41. The number of nitrogens with zero attached hydrogens (tertiary/aromatic N) is 1. The van der Waals surface area contributed by atoms with Gasteiger partial charge in [-0.05, 0) is 84.3 Å². The van der Waals surface area contributed by atoms with Crippen LogP contribution in [0, 0.1) is 18.6 Å². The van der Waals surface area contributed by atoms with Crippen LogP contribution in [0.3, 0.4) is 0 Å². The number of amides is 2. The number of rotatable bonds is 14. The molecule has 11 heteroatoms. The summed E-state index contributed by atoms with van der Waals surface area (Å²) in [5.74, 6) is -1.59. The number of anilines is 1. The van der Waals surface area contributed by atoms with Crippen LogP contribution >= 0.6 is 0 Å². The van der Waals surface area contributed by atoms with Crippen LogP contribution in [0.4, 0.5) is 14.5 Å². The minimum absolute atomic E-state index is 0.00413. The normalized spacial score (nSPS) is 11.7. The van der Waals surface area contributed by atoms with Crippen LogP contribution in [0.25, 0.3) is 0 Å². The summed E-state index contributed by atoms with van der Waals surface area (Å²) < 4.78 is 60.8. The average molecular weight is 684 g/mol. The molecule has 0 saturated carbocycles. The largest absolute Gasteiger partial charge is 0.484 e. The van der Waals surface area contributed by atoms with Crippen molar-refractivity contribution in [2.75, 3.05) is 11.3 Å². The zero-order valence-electron chi connectivity index (χ0n) is 26.7. The fraction of sp³-hybridized carbons (Fsp3) is 0.158. The van der Waals surface area contributed by atoms with E-state index < -0.39 is 40.2 Å². The van der Waals surface area contributed by atoms with Crippen LogP contribution in [0.15, 0.2) is 132 Å². The maximum Gasteiger partial charge on any atom is 0.261 e. The molecular formula is C38H35F2N3O5S. The Morgan fingerprint density at radius 1 is 0.735 bits per heavy atom. The summed E-state index contributed by atoms with van der Waals surface area (Å²) >= 11 is 0. The van der Waals surface area contributed by atoms with Crippen LogP contribution in [-0.4, -0.2) is 37.8 Å². The second kappa shape index (κ2) is 16.0. The van der Waals surface area contributed by atoms with Gasteiger partial charge in [0.25, 0.3) is 15.9 Å². The standard InChI is InChI=1S/C38H35F2N3O5S/c1-27-7-9-29(10-8-27)24-41-38(45)36(23-28-5-3-2-4-6-28)43(25-30-11-13-31(39)14-12-30)37(44)26-48-34-19-21-35(22-20-34)49(46,47)42-33-17-15-32(40)16-18-33/h2-22,36,42H,23-26H2,1H3,(H,41,45)/t36-/m0/s1. The molecule has 0 spiro atoms. The molecule has 0 aliphatic carbocycles. The van der Waals surface area contributed by atoms with E-state index in [0.29, 0.717) is 5.56 Å². The quantitative estimate of drug-likeness (QED) is 0.141. The van der Waals surface area contributed by atoms with E-state index in [-0.39, 0.29) is 41.7 Å². The molecule has 8 nitrogen and oxygen atoms in total. The van der Waals surface area contributed by atoms with Crippen molar-refractivity contribution in [2.45, 2.75) is 37.4 Å². The van der Waals surface area contributed by atoms with Crippen molar-refractivity contribution in [3.8, 4) is 5.75 Å². The topological polar surface area (TPSA) is 105 Å². The molecule has 2 N–H and O–H groups in total. The molecule has 0 aliphatic rings. The van der Waals surface area contributed by atoms with Gasteiger partial charge >= 0.3 is 0 Å². The summed E-state index contributed by atoms with van der Waals surface area (Å²) in [5.41, 5.74) is 3.63. The van der Waals surface area contributed by atoms with Gasteiger partial charge in [0.2, 0.25) is 5.91 Å². The van der Waals surface area contributed by atoms with Gasteiger partial charge in [0.05, 0.1) is 4.90 Å². The molecule has 0 unspecified atom stereocenters. The molecule has 0 bridgehead atoms. The highest BCUT2D eigenvalue weighted by Gasteiger charge is 2.31. The Balaban J connectivity index is 1.34. The van der Waals surface area contributed by atoms with E-state index in [1.807, 2.05) is 61.5 Å². The van der Waals surface area contributed by atoms with Crippen LogP contribution in [0.5, 0.6) is 5.75 Å². The molecule has 0 heterocycles. The Morgan fingerprint density at radius 2 is 1.33 bits per heavy atom. The lowest BCUT2D eigenvalue weighted by Crippen LogP contribution is -2.51. The molecule has 0 saturated heterocycles. The summed E-state index contributed by atoms with van der Waals surface area (Å²) in [6.07, 6.45) is 0.209. The fourth-order valence-corrected chi connectivity index (χ4v) is 6.09. The first kappa shape index (κ1) is 34.8. The van der Waals surface area contributed by atoms with Crippen molar-refractivity contribution >= 4 is 27.5 Å². The SMILES string of the molecule is Cc1ccc(CNC(=O)[C@H](Cc2ccccc2)N(Cc2ccc(F)cc2)C(=O)COc2ccc(S(=O)(=O)Nc3ccc(F)cc3)cc2)cc1. The number of carbonyl (C=O) groups excluding carboxylic acids is 2. The van der Waals surface area contributed by atoms with Crippen molar-refractivity contribution in [1.29, 1.82) is 0 Å². The minimum atomic E-state index is -3.98. The van der Waals surface area contributed by atoms with Gasteiger partial charge in [-0.3, -0.25) is 14.3 Å². The Labute approximate surface area is 284 Å². The predicted molar refractivity (Wildman–Crippen MR) is 183 cm³/mol. The summed E-state index contributed by atoms with van der Waals surface area (Å²) in [6, 6.07) is 32.2. The molecular weight excluding hydrogens is 648 g/mol. The smallest absolute Gasteiger partial charge is 0.261 e. The lowest BCUT2D eigenvalue weighted by atomic mass is 10.0. The summed E-state index contributed by atoms with van der Waals surface area (Å²) in [7, 11) is -3.98. The number of sulfonamides is 1. The van der Waals surface area contributed by atoms with Crippen molar-refractivity contribution < 1.29 is 31.5 Å². The van der Waals surface area contributed by atoms with Crippen LogP contribution in [-0.2, 0) is 39.1 Å². The van der Waals surface area contributed by atoms with Gasteiger partial charge in [-0.15, -0.1) is 0 Å². The van der Waals surface area contributed by atoms with Gasteiger partial charge in [0.15, 0.2) is 6.61 Å². The first-order valence-corrected chi connectivity index (χ1v) is 17.0. The van der Waals surface area contributed by atoms with Crippen molar-refractivity contribution in [3.05, 3.63) is 161 Å². The Kier molecular flexibility index (Phi) is 11.4. The monoisotopic (exact) mass is 683 g/mol. The fourth-order valence-electron chi connectivity index (χ4n) is 5.03. The minimum Gasteiger partial charge on any atom is -0.484 e. The van der Waals surface area contributed by atoms with Gasteiger partial charge < -0.3 is 15.0 Å². The highest BCUT2D eigenvalue weighted by molar-refractivity contribution is 7.92. The van der Waals surface area contributed by atoms with Gasteiger partial charge in [-0.25, -0.2) is 17.2 Å². The molecule has 0 radical (unpaired) electrons. The molecule has 5 aromatic carbocycles. The average Bonchev–Trinajstić information content (AvgIpc) is 3.10. The number of nitrogens with one attached hydrogen (secondary N) is 2. The third kappa shape index (κ3) is 9.97. The molecule has 2 amide bonds. The lowest BCUT2D eigenvalue weighted by Gasteiger charge is -2.31. The first-order chi connectivity index (χ1) is 23.6. The van der Waals surface area contributed by atoms with E-state index in [9.17, 15) is 26.8 Å². The zero-order chi connectivity index (χ0) is 34.8. The number of ether oxygens (including phenoxy) is 1. The highest BCUT2D eigenvalue weighted by Crippen LogP contribution is 2.21. The molecule has 49 heavy (non-hydrogen) atoms. The third-order valence-electron chi connectivity index (χ3n) is 7.72. The summed E-state index contributed by atoms with van der Waals surface area (Å²) in [5, 5.41) is 2.97. The van der Waals surface area contributed by atoms with Gasteiger partial charge in [-0.1, -0.05) is 72.3 Å². The molecule has 0 aromatic heterocycles. The van der Waals surface area contributed by atoms with E-state index in [0.717, 1.165) is 28.8 Å². The molecule has 0 fully saturated rings. The van der Waals surface area contributed by atoms with Gasteiger partial charge in [-0.2, -0.15) is 0 Å². The third-order valence-corrected chi connectivity index (χ3v) is 9.11. The number of hydrogen-bond acceptors (Lipinski definition) is 5. The summed E-state index contributed by atoms with van der Waals surface area (Å²) in [4.78, 5) is 29.1. The molecule has 252 valence electrons. The second-order valence-electron chi connectivity index (χ2n) is 11.4. The van der Waals surface area contributed by atoms with Crippen molar-refractivity contribution in [1.82, 2.24) is 10.2 Å². The molecule has 1 atom stereocenters. The van der Waals surface area contributed by atoms with E-state index in [4.69, 9.17) is 4.74 Å². The second-order valence-corrected chi connectivity index (χ2v) is 13.1. The van der Waals surface area contributed by atoms with Crippen molar-refractivity contribution in [2.24, 2.45) is 0 Å². The van der Waals surface area contributed by atoms with E-state index in [1.54, 1.807) is 12.1 Å². The van der Waals surface area contributed by atoms with Crippen LogP contribution in [0.2, 0.25) is 0 Å². The van der Waals surface area contributed by atoms with E-state index >= 15 is 0 Å². The number of carbonyl (C=O) groups is 2. The number of hydrogen-bond donors (Lipinski definition) is 2. The molecule has 5 aromatic rings. The van der Waals surface area contributed by atoms with E-state index in [1.165, 1.54) is 53.4 Å². The van der Waals surface area contributed by atoms with E-state index in [2.05, 4.69) is 10.0 Å². The maximum absolute atomic E-state index is 13.9. The maximum atomic E-state index is 13.9. The van der Waals surface area contributed by atoms with Crippen LogP contribution < -0.4 is 14.8 Å². The number of aryl methyl sites for hydroxylation is 1. The number of halogens is 2. The number of benzene rings is 5. The highest BCUT2D eigenvalue weighted by atomic mass is 32.2. The van der Waals surface area contributed by atoms with Crippen molar-refractivity contribution in [3.63, 3.8) is 0 Å². The van der Waals surface area contributed by atoms with Gasteiger partial charge in [0, 0.05) is 25.2 Å². The molecule has 0 aliphatic heterocycles. The van der Waals surface area contributed by atoms with Gasteiger partial charge in [0.1, 0.15) is 23.4 Å². The zero-order valence-corrected chi connectivity index (χ0v) is 27.5. The first-order valence-electron chi connectivity index (χ1n) is 15.5. The Hall–Kier alpha value is -5.55.